The topological polar surface area (TPSA) is 56.4 Å². The smallest absolute Gasteiger partial charge is 0.252 e. The number of hydrogen-bond acceptors (Lipinski definition) is 5. The van der Waals surface area contributed by atoms with E-state index in [0.29, 0.717) is 6.04 Å². The number of benzene rings is 2. The van der Waals surface area contributed by atoms with Gasteiger partial charge in [-0.05, 0) is 80.4 Å². The number of anilines is 1. The molecule has 1 atom stereocenters. The molecule has 2 aliphatic heterocycles. The second-order valence-electron chi connectivity index (χ2n) is 9.25. The van der Waals surface area contributed by atoms with Crippen molar-refractivity contribution >= 4 is 22.9 Å². The zero-order valence-corrected chi connectivity index (χ0v) is 22.2. The molecule has 1 aromatic heterocycles. The first-order chi connectivity index (χ1) is 17.0. The van der Waals surface area contributed by atoms with E-state index in [2.05, 4.69) is 70.2 Å². The molecule has 1 unspecified atom stereocenters. The quantitative estimate of drug-likeness (QED) is 0.372. The Kier molecular flexibility index (Phi) is 8.60. The molecule has 3 aromatic rings. The van der Waals surface area contributed by atoms with Crippen LogP contribution >= 0.6 is 11.3 Å². The van der Waals surface area contributed by atoms with Crippen molar-refractivity contribution in [1.29, 1.82) is 0 Å². The first kappa shape index (κ1) is 25.4. The number of amides is 1. The molecule has 186 valence electrons. The van der Waals surface area contributed by atoms with Crippen LogP contribution in [0.25, 0.3) is 10.4 Å². The molecule has 5 rings (SSSR count). The number of hydrogen-bond donors (Lipinski definition) is 3. The fraction of sp³-hybridized carbons (Fsp3) is 0.414. The van der Waals surface area contributed by atoms with Crippen molar-refractivity contribution < 1.29 is 4.79 Å². The highest BCUT2D eigenvalue weighted by Crippen LogP contribution is 2.31. The Morgan fingerprint density at radius 1 is 1.11 bits per heavy atom. The Balaban J connectivity index is 0.00000141. The summed E-state index contributed by atoms with van der Waals surface area (Å²) in [4.78, 5) is 18.3. The standard InChI is InChI=1S/C27H32N4OS.C2H6/c1-18-7-8-22(30-23-15-28-16-23)14-25(18)27(32)29-19(2)20-5-3-6-21(13-20)26-10-9-24(33-26)17-31-11-4-12-31;1-2/h3,5-10,13-14,19,23,28,30H,4,11-12,15-17H2,1-2H3,(H,29,32);1-2H3. The van der Waals surface area contributed by atoms with Crippen molar-refractivity contribution in [2.75, 3.05) is 31.5 Å². The molecule has 2 saturated heterocycles. The second kappa shape index (κ2) is 11.8. The molecule has 0 radical (unpaired) electrons. The van der Waals surface area contributed by atoms with Crippen LogP contribution < -0.4 is 16.0 Å². The van der Waals surface area contributed by atoms with Crippen molar-refractivity contribution in [1.82, 2.24) is 15.5 Å². The van der Waals surface area contributed by atoms with Crippen LogP contribution in [0.2, 0.25) is 0 Å². The molecule has 0 bridgehead atoms. The SMILES string of the molecule is CC.Cc1ccc(NC2CNC2)cc1C(=O)NC(C)c1cccc(-c2ccc(CN3CCC3)s2)c1. The van der Waals surface area contributed by atoms with E-state index in [1.54, 1.807) is 0 Å². The van der Waals surface area contributed by atoms with E-state index in [1.165, 1.54) is 34.8 Å². The number of thiophene rings is 1. The van der Waals surface area contributed by atoms with Gasteiger partial charge in [0.25, 0.3) is 5.91 Å². The van der Waals surface area contributed by atoms with Crippen LogP contribution in [0.15, 0.2) is 54.6 Å². The van der Waals surface area contributed by atoms with Gasteiger partial charge >= 0.3 is 0 Å². The monoisotopic (exact) mass is 490 g/mol. The second-order valence-corrected chi connectivity index (χ2v) is 10.4. The summed E-state index contributed by atoms with van der Waals surface area (Å²) in [6.07, 6.45) is 1.32. The predicted molar refractivity (Wildman–Crippen MR) is 148 cm³/mol. The Bertz CT molecular complexity index is 1130. The minimum absolute atomic E-state index is 0.0336. The Hall–Kier alpha value is -2.67. The van der Waals surface area contributed by atoms with Gasteiger partial charge in [-0.3, -0.25) is 9.69 Å². The average Bonchev–Trinajstić information content (AvgIpc) is 3.30. The fourth-order valence-corrected chi connectivity index (χ4v) is 5.33. The van der Waals surface area contributed by atoms with Crippen LogP contribution in [0, 0.1) is 6.92 Å². The maximum atomic E-state index is 13.1. The van der Waals surface area contributed by atoms with Crippen LogP contribution in [-0.4, -0.2) is 43.0 Å². The van der Waals surface area contributed by atoms with Gasteiger partial charge in [-0.2, -0.15) is 0 Å². The van der Waals surface area contributed by atoms with Gasteiger partial charge in [0.05, 0.1) is 12.1 Å². The van der Waals surface area contributed by atoms with Gasteiger partial charge in [-0.15, -0.1) is 11.3 Å². The lowest BCUT2D eigenvalue weighted by molar-refractivity contribution is 0.0939. The molecule has 0 aliphatic carbocycles. The number of nitrogens with zero attached hydrogens (tertiary/aromatic N) is 1. The fourth-order valence-electron chi connectivity index (χ4n) is 4.28. The van der Waals surface area contributed by atoms with E-state index in [-0.39, 0.29) is 11.9 Å². The van der Waals surface area contributed by atoms with E-state index >= 15 is 0 Å². The largest absolute Gasteiger partial charge is 0.380 e. The van der Waals surface area contributed by atoms with Gasteiger partial charge in [-0.25, -0.2) is 0 Å². The minimum atomic E-state index is -0.0789. The van der Waals surface area contributed by atoms with Gasteiger partial charge in [0.2, 0.25) is 0 Å². The predicted octanol–water partition coefficient (Wildman–Crippen LogP) is 5.83. The van der Waals surface area contributed by atoms with E-state index in [0.717, 1.165) is 42.0 Å². The molecular formula is C29H38N4OS. The number of rotatable bonds is 8. The summed E-state index contributed by atoms with van der Waals surface area (Å²) in [5, 5.41) is 9.96. The molecule has 3 N–H and O–H groups in total. The minimum Gasteiger partial charge on any atom is -0.380 e. The van der Waals surface area contributed by atoms with Crippen LogP contribution in [-0.2, 0) is 6.54 Å². The van der Waals surface area contributed by atoms with Gasteiger partial charge in [0.1, 0.15) is 0 Å². The number of carbonyl (C=O) groups excluding carboxylic acids is 1. The molecule has 5 nitrogen and oxygen atoms in total. The summed E-state index contributed by atoms with van der Waals surface area (Å²) in [5.74, 6) is -0.0336. The normalized spacial score (nSPS) is 16.3. The summed E-state index contributed by atoms with van der Waals surface area (Å²) in [7, 11) is 0. The van der Waals surface area contributed by atoms with Crippen molar-refractivity contribution in [3.63, 3.8) is 0 Å². The molecule has 2 aromatic carbocycles. The lowest BCUT2D eigenvalue weighted by atomic mass is 10.0. The third kappa shape index (κ3) is 6.31. The Morgan fingerprint density at radius 3 is 2.60 bits per heavy atom. The maximum Gasteiger partial charge on any atom is 0.252 e. The highest BCUT2D eigenvalue weighted by atomic mass is 32.1. The molecule has 1 amide bonds. The number of likely N-dealkylation sites (tertiary alicyclic amines) is 1. The van der Waals surface area contributed by atoms with E-state index in [4.69, 9.17) is 0 Å². The molecule has 6 heteroatoms. The highest BCUT2D eigenvalue weighted by Gasteiger charge is 2.19. The summed E-state index contributed by atoms with van der Waals surface area (Å²) >= 11 is 1.87. The summed E-state index contributed by atoms with van der Waals surface area (Å²) < 4.78 is 0. The van der Waals surface area contributed by atoms with Crippen molar-refractivity contribution in [2.45, 2.75) is 52.7 Å². The lowest BCUT2D eigenvalue weighted by Crippen LogP contribution is -2.51. The third-order valence-electron chi connectivity index (χ3n) is 6.64. The van der Waals surface area contributed by atoms with Crippen molar-refractivity contribution in [3.8, 4) is 10.4 Å². The van der Waals surface area contributed by atoms with Gasteiger partial charge in [-0.1, -0.05) is 38.1 Å². The van der Waals surface area contributed by atoms with Crippen LogP contribution in [0.3, 0.4) is 0 Å². The van der Waals surface area contributed by atoms with Gasteiger partial charge in [0.15, 0.2) is 0 Å². The zero-order valence-electron chi connectivity index (χ0n) is 21.4. The first-order valence-corrected chi connectivity index (χ1v) is 13.7. The molecular weight excluding hydrogens is 452 g/mol. The van der Waals surface area contributed by atoms with E-state index in [1.807, 2.05) is 44.2 Å². The molecule has 0 spiro atoms. The Labute approximate surface area is 213 Å². The maximum absolute atomic E-state index is 13.1. The van der Waals surface area contributed by atoms with Gasteiger partial charge in [0, 0.05) is 40.6 Å². The highest BCUT2D eigenvalue weighted by molar-refractivity contribution is 7.15. The third-order valence-corrected chi connectivity index (χ3v) is 7.76. The van der Waals surface area contributed by atoms with E-state index in [9.17, 15) is 4.79 Å². The lowest BCUT2D eigenvalue weighted by Gasteiger charge is -2.29. The summed E-state index contributed by atoms with van der Waals surface area (Å²) in [6.45, 7) is 13.5. The number of nitrogens with one attached hydrogen (secondary N) is 3. The van der Waals surface area contributed by atoms with Crippen LogP contribution in [0.1, 0.15) is 59.6 Å². The summed E-state index contributed by atoms with van der Waals surface area (Å²) in [5.41, 5.74) is 5.04. The molecule has 2 aliphatic rings. The molecule has 3 heterocycles. The van der Waals surface area contributed by atoms with Crippen molar-refractivity contribution in [3.05, 3.63) is 76.2 Å². The first-order valence-electron chi connectivity index (χ1n) is 12.9. The van der Waals surface area contributed by atoms with E-state index < -0.39 is 0 Å². The number of aryl methyl sites for hydroxylation is 1. The molecule has 35 heavy (non-hydrogen) atoms. The Morgan fingerprint density at radius 2 is 1.91 bits per heavy atom. The van der Waals surface area contributed by atoms with Crippen LogP contribution in [0.4, 0.5) is 5.69 Å². The van der Waals surface area contributed by atoms with Crippen LogP contribution in [0.5, 0.6) is 0 Å². The molecule has 2 fully saturated rings. The number of carbonyl (C=O) groups is 1. The van der Waals surface area contributed by atoms with Gasteiger partial charge < -0.3 is 16.0 Å². The van der Waals surface area contributed by atoms with Crippen molar-refractivity contribution in [2.24, 2.45) is 0 Å². The summed E-state index contributed by atoms with van der Waals surface area (Å²) in [6, 6.07) is 19.4. The zero-order chi connectivity index (χ0) is 24.8. The average molecular weight is 491 g/mol. The molecule has 0 saturated carbocycles.